The summed E-state index contributed by atoms with van der Waals surface area (Å²) in [5.41, 5.74) is 3.24. The number of hydrogen-bond acceptors (Lipinski definition) is 3. The maximum absolute atomic E-state index is 12.4. The second-order valence-electron chi connectivity index (χ2n) is 6.55. The minimum atomic E-state index is -0.356. The highest BCUT2D eigenvalue weighted by atomic mass is 35.5. The molecule has 0 radical (unpaired) electrons. The maximum Gasteiger partial charge on any atom is 0.323 e. The normalized spacial score (nSPS) is 10.6. The van der Waals surface area contributed by atoms with E-state index in [4.69, 9.17) is 11.6 Å². The number of rotatable bonds is 5. The smallest absolute Gasteiger partial charge is 0.323 e. The van der Waals surface area contributed by atoms with Gasteiger partial charge in [0.15, 0.2) is 0 Å². The molecule has 4 aromatic rings. The SMILES string of the molecule is O=C(Nc1ccccc1)Nc1ccc(C(=O)NCc2cn3cc(Cl)ccc3n2)cc1. The van der Waals surface area contributed by atoms with Crippen LogP contribution >= 0.6 is 11.6 Å². The minimum absolute atomic E-state index is 0.231. The third-order valence-electron chi connectivity index (χ3n) is 4.33. The van der Waals surface area contributed by atoms with Crippen LogP contribution in [0.15, 0.2) is 79.1 Å². The number of imidazole rings is 1. The van der Waals surface area contributed by atoms with Crippen LogP contribution in [0, 0.1) is 0 Å². The number of nitrogens with zero attached hydrogens (tertiary/aromatic N) is 2. The number of carbonyl (C=O) groups is 2. The number of pyridine rings is 1. The number of anilines is 2. The molecule has 0 aliphatic rings. The molecule has 0 fully saturated rings. The van der Waals surface area contributed by atoms with Crippen LogP contribution < -0.4 is 16.0 Å². The standard InChI is InChI=1S/C22H18ClN5O2/c23-16-8-11-20-25-19(14-28(20)13-16)12-24-21(29)15-6-9-18(10-7-15)27-22(30)26-17-4-2-1-3-5-17/h1-11,13-14H,12H2,(H,24,29)(H2,26,27,30). The molecule has 150 valence electrons. The van der Waals surface area contributed by atoms with Crippen molar-refractivity contribution in [3.63, 3.8) is 0 Å². The summed E-state index contributed by atoms with van der Waals surface area (Å²) in [7, 11) is 0. The lowest BCUT2D eigenvalue weighted by Crippen LogP contribution is -2.23. The molecule has 4 rings (SSSR count). The van der Waals surface area contributed by atoms with Crippen LogP contribution in [0.5, 0.6) is 0 Å². The fraction of sp³-hybridized carbons (Fsp3) is 0.0455. The maximum atomic E-state index is 12.4. The first-order valence-electron chi connectivity index (χ1n) is 9.21. The molecule has 0 saturated heterocycles. The monoisotopic (exact) mass is 419 g/mol. The third kappa shape index (κ3) is 4.76. The number of fused-ring (bicyclic) bond motifs is 1. The lowest BCUT2D eigenvalue weighted by Gasteiger charge is -2.08. The summed E-state index contributed by atoms with van der Waals surface area (Å²) < 4.78 is 1.81. The van der Waals surface area contributed by atoms with E-state index in [2.05, 4.69) is 20.9 Å². The molecule has 0 unspecified atom stereocenters. The average Bonchev–Trinajstić information content (AvgIpc) is 3.15. The second kappa shape index (κ2) is 8.67. The van der Waals surface area contributed by atoms with E-state index >= 15 is 0 Å². The molecule has 0 saturated carbocycles. The zero-order valence-corrected chi connectivity index (χ0v) is 16.6. The summed E-state index contributed by atoms with van der Waals surface area (Å²) >= 11 is 5.97. The summed E-state index contributed by atoms with van der Waals surface area (Å²) in [5, 5.41) is 8.91. The van der Waals surface area contributed by atoms with Crippen molar-refractivity contribution >= 4 is 40.6 Å². The van der Waals surface area contributed by atoms with Crippen LogP contribution in [0.25, 0.3) is 5.65 Å². The quantitative estimate of drug-likeness (QED) is 0.443. The van der Waals surface area contributed by atoms with E-state index in [1.165, 1.54) is 0 Å². The summed E-state index contributed by atoms with van der Waals surface area (Å²) in [6.45, 7) is 0.289. The van der Waals surface area contributed by atoms with Crippen LogP contribution in [0.2, 0.25) is 5.02 Å². The minimum Gasteiger partial charge on any atom is -0.346 e. The van der Waals surface area contributed by atoms with Gasteiger partial charge in [-0.25, -0.2) is 9.78 Å². The molecule has 2 aromatic heterocycles. The summed E-state index contributed by atoms with van der Waals surface area (Å²) in [5.74, 6) is -0.231. The number of amides is 3. The molecule has 0 aliphatic heterocycles. The Balaban J connectivity index is 1.32. The summed E-state index contributed by atoms with van der Waals surface area (Å²) in [4.78, 5) is 28.9. The number of para-hydroxylation sites is 1. The van der Waals surface area contributed by atoms with Gasteiger partial charge in [-0.2, -0.15) is 0 Å². The molecule has 2 heterocycles. The number of hydrogen-bond donors (Lipinski definition) is 3. The average molecular weight is 420 g/mol. The Kier molecular flexibility index (Phi) is 5.63. The van der Waals surface area contributed by atoms with Crippen molar-refractivity contribution in [1.29, 1.82) is 0 Å². The van der Waals surface area contributed by atoms with Crippen LogP contribution in [0.3, 0.4) is 0 Å². The van der Waals surface area contributed by atoms with Crippen molar-refractivity contribution in [2.24, 2.45) is 0 Å². The molecule has 3 amide bonds. The van der Waals surface area contributed by atoms with Gasteiger partial charge in [0.25, 0.3) is 5.91 Å². The van der Waals surface area contributed by atoms with Crippen LogP contribution in [0.1, 0.15) is 16.1 Å². The highest BCUT2D eigenvalue weighted by Crippen LogP contribution is 2.13. The van der Waals surface area contributed by atoms with Crippen LogP contribution in [-0.4, -0.2) is 21.3 Å². The molecule has 0 spiro atoms. The molecule has 2 aromatic carbocycles. The van der Waals surface area contributed by atoms with E-state index in [0.29, 0.717) is 22.0 Å². The first-order valence-corrected chi connectivity index (χ1v) is 9.59. The lowest BCUT2D eigenvalue weighted by atomic mass is 10.2. The first-order chi connectivity index (χ1) is 14.6. The highest BCUT2D eigenvalue weighted by molar-refractivity contribution is 6.30. The van der Waals surface area contributed by atoms with E-state index in [9.17, 15) is 9.59 Å². The van der Waals surface area contributed by atoms with Gasteiger partial charge < -0.3 is 20.4 Å². The topological polar surface area (TPSA) is 87.5 Å². The number of carbonyl (C=O) groups excluding carboxylic acids is 2. The second-order valence-corrected chi connectivity index (χ2v) is 6.99. The predicted molar refractivity (Wildman–Crippen MR) is 117 cm³/mol. The Labute approximate surface area is 177 Å². The Bertz CT molecular complexity index is 1190. The molecular weight excluding hydrogens is 402 g/mol. The van der Waals surface area contributed by atoms with E-state index in [1.807, 2.05) is 34.9 Å². The van der Waals surface area contributed by atoms with Crippen LogP contribution in [-0.2, 0) is 6.54 Å². The van der Waals surface area contributed by atoms with Gasteiger partial charge in [0.1, 0.15) is 5.65 Å². The zero-order chi connectivity index (χ0) is 20.9. The number of halogens is 1. The molecule has 0 atom stereocenters. The van der Waals surface area contributed by atoms with Gasteiger partial charge in [-0.3, -0.25) is 4.79 Å². The van der Waals surface area contributed by atoms with Crippen LogP contribution in [0.4, 0.5) is 16.2 Å². The van der Waals surface area contributed by atoms with Gasteiger partial charge in [-0.1, -0.05) is 29.8 Å². The molecule has 0 bridgehead atoms. The van der Waals surface area contributed by atoms with Gasteiger partial charge in [-0.15, -0.1) is 0 Å². The van der Waals surface area contributed by atoms with Crippen molar-refractivity contribution in [1.82, 2.24) is 14.7 Å². The van der Waals surface area contributed by atoms with E-state index < -0.39 is 0 Å². The highest BCUT2D eigenvalue weighted by Gasteiger charge is 2.09. The number of aromatic nitrogens is 2. The van der Waals surface area contributed by atoms with Crippen molar-refractivity contribution in [2.45, 2.75) is 6.54 Å². The number of nitrogens with one attached hydrogen (secondary N) is 3. The van der Waals surface area contributed by atoms with Crippen molar-refractivity contribution in [2.75, 3.05) is 10.6 Å². The summed E-state index contributed by atoms with van der Waals surface area (Å²) in [6, 6.07) is 19.0. The Hall–Kier alpha value is -3.84. The Morgan fingerprint density at radius 3 is 2.30 bits per heavy atom. The Morgan fingerprint density at radius 2 is 1.57 bits per heavy atom. The molecule has 7 nitrogen and oxygen atoms in total. The van der Waals surface area contributed by atoms with Crippen molar-refractivity contribution in [3.05, 3.63) is 95.4 Å². The fourth-order valence-electron chi connectivity index (χ4n) is 2.90. The van der Waals surface area contributed by atoms with Gasteiger partial charge >= 0.3 is 6.03 Å². The largest absolute Gasteiger partial charge is 0.346 e. The predicted octanol–water partition coefficient (Wildman–Crippen LogP) is 4.56. The first kappa shape index (κ1) is 19.5. The fourth-order valence-corrected chi connectivity index (χ4v) is 3.06. The van der Waals surface area contributed by atoms with Gasteiger partial charge in [0.05, 0.1) is 17.3 Å². The van der Waals surface area contributed by atoms with Crippen molar-refractivity contribution < 1.29 is 9.59 Å². The van der Waals surface area contributed by atoms with Gasteiger partial charge in [0.2, 0.25) is 0 Å². The molecule has 30 heavy (non-hydrogen) atoms. The third-order valence-corrected chi connectivity index (χ3v) is 4.56. The summed E-state index contributed by atoms with van der Waals surface area (Å²) in [6.07, 6.45) is 3.58. The van der Waals surface area contributed by atoms with E-state index in [0.717, 1.165) is 11.3 Å². The number of urea groups is 1. The zero-order valence-electron chi connectivity index (χ0n) is 15.8. The molecule has 8 heteroatoms. The van der Waals surface area contributed by atoms with Gasteiger partial charge in [-0.05, 0) is 48.5 Å². The van der Waals surface area contributed by atoms with Gasteiger partial charge in [0, 0.05) is 29.3 Å². The molecular formula is C22H18ClN5O2. The molecule has 0 aliphatic carbocycles. The number of benzene rings is 2. The Morgan fingerprint density at radius 1 is 0.867 bits per heavy atom. The van der Waals surface area contributed by atoms with E-state index in [1.54, 1.807) is 48.7 Å². The molecule has 3 N–H and O–H groups in total. The van der Waals surface area contributed by atoms with Crippen molar-refractivity contribution in [3.8, 4) is 0 Å². The lowest BCUT2D eigenvalue weighted by molar-refractivity contribution is 0.0950. The van der Waals surface area contributed by atoms with E-state index in [-0.39, 0.29) is 18.5 Å².